The van der Waals surface area contributed by atoms with Crippen LogP contribution < -0.4 is 5.32 Å². The van der Waals surface area contributed by atoms with Gasteiger partial charge in [0.05, 0.1) is 17.3 Å². The zero-order valence-electron chi connectivity index (χ0n) is 14.8. The van der Waals surface area contributed by atoms with E-state index >= 15 is 0 Å². The number of amides is 1. The number of benzene rings is 2. The second-order valence-electron chi connectivity index (χ2n) is 5.97. The molecule has 140 valence electrons. The van der Waals surface area contributed by atoms with E-state index < -0.39 is 0 Å². The van der Waals surface area contributed by atoms with E-state index in [0.29, 0.717) is 33.4 Å². The van der Waals surface area contributed by atoms with Crippen molar-refractivity contribution in [2.75, 3.05) is 0 Å². The Labute approximate surface area is 165 Å². The number of hydrogen-bond acceptors (Lipinski definition) is 6. The first kappa shape index (κ1) is 17.9. The van der Waals surface area contributed by atoms with Gasteiger partial charge in [-0.2, -0.15) is 4.68 Å². The maximum atomic E-state index is 12.8. The summed E-state index contributed by atoms with van der Waals surface area (Å²) in [4.78, 5) is 12.8. The van der Waals surface area contributed by atoms with Crippen LogP contribution in [-0.4, -0.2) is 31.3 Å². The van der Waals surface area contributed by atoms with E-state index in [9.17, 15) is 4.79 Å². The van der Waals surface area contributed by atoms with Gasteiger partial charge in [0.1, 0.15) is 17.0 Å². The Balaban J connectivity index is 1.58. The van der Waals surface area contributed by atoms with Crippen LogP contribution in [0.4, 0.5) is 0 Å². The summed E-state index contributed by atoms with van der Waals surface area (Å²) in [7, 11) is 0. The van der Waals surface area contributed by atoms with E-state index in [1.807, 2.05) is 42.5 Å². The second-order valence-corrected chi connectivity index (χ2v) is 6.37. The molecule has 4 rings (SSSR count). The molecule has 2 aromatic heterocycles. The summed E-state index contributed by atoms with van der Waals surface area (Å²) in [5.74, 6) is 0.541. The molecule has 8 nitrogen and oxygen atoms in total. The Kier molecular flexibility index (Phi) is 4.86. The first-order valence-corrected chi connectivity index (χ1v) is 8.85. The molecule has 2 aromatic carbocycles. The van der Waals surface area contributed by atoms with Crippen molar-refractivity contribution in [3.05, 3.63) is 76.8 Å². The molecule has 4 aromatic rings. The molecule has 0 saturated heterocycles. The Morgan fingerprint density at radius 2 is 1.89 bits per heavy atom. The molecule has 0 bridgehead atoms. The van der Waals surface area contributed by atoms with Crippen LogP contribution in [0.1, 0.15) is 21.9 Å². The van der Waals surface area contributed by atoms with Gasteiger partial charge in [-0.25, -0.2) is 0 Å². The summed E-state index contributed by atoms with van der Waals surface area (Å²) in [6.45, 7) is 1.81. The van der Waals surface area contributed by atoms with Gasteiger partial charge in [-0.05, 0) is 35.5 Å². The molecular formula is C19H15ClN6O2. The fourth-order valence-corrected chi connectivity index (χ4v) is 3.04. The predicted octanol–water partition coefficient (Wildman–Crippen LogP) is 3.21. The number of para-hydroxylation sites is 1. The number of carbonyl (C=O) groups excluding carboxylic acids is 1. The van der Waals surface area contributed by atoms with E-state index in [-0.39, 0.29) is 12.5 Å². The summed E-state index contributed by atoms with van der Waals surface area (Å²) in [5.41, 5.74) is 2.14. The number of nitrogens with zero attached hydrogens (tertiary/aromatic N) is 5. The van der Waals surface area contributed by atoms with Gasteiger partial charge in [0.25, 0.3) is 5.91 Å². The zero-order chi connectivity index (χ0) is 19.5. The van der Waals surface area contributed by atoms with Gasteiger partial charge >= 0.3 is 0 Å². The van der Waals surface area contributed by atoms with Gasteiger partial charge in [0, 0.05) is 5.56 Å². The maximum absolute atomic E-state index is 12.8. The van der Waals surface area contributed by atoms with Crippen molar-refractivity contribution < 1.29 is 9.32 Å². The third kappa shape index (κ3) is 3.37. The minimum atomic E-state index is -0.351. The Hall–Kier alpha value is -3.52. The fraction of sp³-hybridized carbons (Fsp3) is 0.105. The molecule has 0 saturated carbocycles. The van der Waals surface area contributed by atoms with Crippen LogP contribution in [0.2, 0.25) is 5.02 Å². The van der Waals surface area contributed by atoms with Crippen LogP contribution in [0, 0.1) is 6.92 Å². The molecule has 9 heteroatoms. The molecule has 0 aliphatic carbocycles. The third-order valence-electron chi connectivity index (χ3n) is 4.16. The molecular weight excluding hydrogens is 380 g/mol. The highest BCUT2D eigenvalue weighted by atomic mass is 35.5. The van der Waals surface area contributed by atoms with Crippen LogP contribution in [0.25, 0.3) is 16.9 Å². The van der Waals surface area contributed by atoms with Crippen LogP contribution in [0.3, 0.4) is 0 Å². The smallest absolute Gasteiger partial charge is 0.257 e. The average molecular weight is 395 g/mol. The number of rotatable bonds is 5. The lowest BCUT2D eigenvalue weighted by Crippen LogP contribution is -2.25. The lowest BCUT2D eigenvalue weighted by atomic mass is 10.1. The number of aromatic nitrogens is 5. The maximum Gasteiger partial charge on any atom is 0.257 e. The lowest BCUT2D eigenvalue weighted by molar-refractivity contribution is 0.0948. The van der Waals surface area contributed by atoms with Crippen LogP contribution in [0.5, 0.6) is 0 Å². The largest absolute Gasteiger partial charge is 0.360 e. The quantitative estimate of drug-likeness (QED) is 0.558. The van der Waals surface area contributed by atoms with Crippen molar-refractivity contribution in [2.45, 2.75) is 13.5 Å². The SMILES string of the molecule is Cc1onc(-c2ccccc2Cl)c1C(=O)NCc1nnnn1-c1ccccc1. The highest BCUT2D eigenvalue weighted by Gasteiger charge is 2.23. The summed E-state index contributed by atoms with van der Waals surface area (Å²) in [6.07, 6.45) is 0. The van der Waals surface area contributed by atoms with Gasteiger partial charge in [0.15, 0.2) is 5.82 Å². The van der Waals surface area contributed by atoms with Crippen LogP contribution in [-0.2, 0) is 6.54 Å². The van der Waals surface area contributed by atoms with E-state index in [4.69, 9.17) is 16.1 Å². The molecule has 0 aliphatic heterocycles. The minimum Gasteiger partial charge on any atom is -0.360 e. The van der Waals surface area contributed by atoms with Gasteiger partial charge in [-0.15, -0.1) is 5.10 Å². The predicted molar refractivity (Wildman–Crippen MR) is 102 cm³/mol. The average Bonchev–Trinajstić information content (AvgIpc) is 3.34. The number of tetrazole rings is 1. The second kappa shape index (κ2) is 7.61. The zero-order valence-corrected chi connectivity index (χ0v) is 15.6. The lowest BCUT2D eigenvalue weighted by Gasteiger charge is -2.07. The van der Waals surface area contributed by atoms with Crippen molar-refractivity contribution in [3.63, 3.8) is 0 Å². The topological polar surface area (TPSA) is 98.7 Å². The molecule has 0 aliphatic rings. The highest BCUT2D eigenvalue weighted by molar-refractivity contribution is 6.33. The molecule has 0 atom stereocenters. The standard InChI is InChI=1S/C19H15ClN6O2/c1-12-17(18(23-28-12)14-9-5-6-10-15(14)20)19(27)21-11-16-22-24-25-26(16)13-7-3-2-4-8-13/h2-10H,11H2,1H3,(H,21,27). The number of aryl methyl sites for hydroxylation is 1. The van der Waals surface area contributed by atoms with E-state index in [1.165, 1.54) is 0 Å². The van der Waals surface area contributed by atoms with Crippen LogP contribution in [0.15, 0.2) is 59.1 Å². The molecule has 28 heavy (non-hydrogen) atoms. The molecule has 1 N–H and O–H groups in total. The number of carbonyl (C=O) groups is 1. The molecule has 0 fully saturated rings. The van der Waals surface area contributed by atoms with E-state index in [0.717, 1.165) is 5.69 Å². The first-order chi connectivity index (χ1) is 13.6. The minimum absolute atomic E-state index is 0.132. The molecule has 0 radical (unpaired) electrons. The van der Waals surface area contributed by atoms with E-state index in [1.54, 1.807) is 23.7 Å². The van der Waals surface area contributed by atoms with Crippen molar-refractivity contribution in [1.82, 2.24) is 30.7 Å². The van der Waals surface area contributed by atoms with E-state index in [2.05, 4.69) is 26.0 Å². The molecule has 1 amide bonds. The third-order valence-corrected chi connectivity index (χ3v) is 4.49. The first-order valence-electron chi connectivity index (χ1n) is 8.47. The number of halogens is 1. The highest BCUT2D eigenvalue weighted by Crippen LogP contribution is 2.30. The Morgan fingerprint density at radius 1 is 1.14 bits per heavy atom. The van der Waals surface area contributed by atoms with Crippen molar-refractivity contribution in [2.24, 2.45) is 0 Å². The number of nitrogens with one attached hydrogen (secondary N) is 1. The summed E-state index contributed by atoms with van der Waals surface area (Å²) in [5, 5.41) is 19.0. The molecule has 0 spiro atoms. The van der Waals surface area contributed by atoms with Gasteiger partial charge in [-0.1, -0.05) is 53.2 Å². The summed E-state index contributed by atoms with van der Waals surface area (Å²) >= 11 is 6.25. The normalized spacial score (nSPS) is 10.8. The monoisotopic (exact) mass is 394 g/mol. The van der Waals surface area contributed by atoms with Crippen LogP contribution >= 0.6 is 11.6 Å². The Morgan fingerprint density at radius 3 is 2.68 bits per heavy atom. The van der Waals surface area contributed by atoms with Crippen molar-refractivity contribution >= 4 is 17.5 Å². The Bertz CT molecular complexity index is 1120. The van der Waals surface area contributed by atoms with Crippen molar-refractivity contribution in [3.8, 4) is 16.9 Å². The fourth-order valence-electron chi connectivity index (χ4n) is 2.81. The van der Waals surface area contributed by atoms with Gasteiger partial charge in [0.2, 0.25) is 0 Å². The van der Waals surface area contributed by atoms with Crippen molar-refractivity contribution in [1.29, 1.82) is 0 Å². The summed E-state index contributed by atoms with van der Waals surface area (Å²) < 4.78 is 6.81. The molecule has 2 heterocycles. The van der Waals surface area contributed by atoms with Gasteiger partial charge < -0.3 is 9.84 Å². The van der Waals surface area contributed by atoms with Gasteiger partial charge in [-0.3, -0.25) is 4.79 Å². The molecule has 0 unspecified atom stereocenters. The number of hydrogen-bond donors (Lipinski definition) is 1. The summed E-state index contributed by atoms with van der Waals surface area (Å²) in [6, 6.07) is 16.6.